The van der Waals surface area contributed by atoms with Gasteiger partial charge in [0.25, 0.3) is 0 Å². The third-order valence-corrected chi connectivity index (χ3v) is 4.50. The lowest BCUT2D eigenvalue weighted by atomic mass is 9.93. The van der Waals surface area contributed by atoms with Gasteiger partial charge in [0, 0.05) is 18.0 Å². The molecule has 1 fully saturated rings. The minimum absolute atomic E-state index is 0.384. The lowest BCUT2D eigenvalue weighted by Gasteiger charge is -2.24. The Bertz CT molecular complexity index is 428. The van der Waals surface area contributed by atoms with E-state index in [9.17, 15) is 0 Å². The van der Waals surface area contributed by atoms with Crippen molar-refractivity contribution in [1.29, 1.82) is 0 Å². The second-order valence-corrected chi connectivity index (χ2v) is 6.50. The van der Waals surface area contributed by atoms with Crippen molar-refractivity contribution in [2.45, 2.75) is 77.3 Å². The van der Waals surface area contributed by atoms with Crippen LogP contribution in [-0.2, 0) is 0 Å². The highest BCUT2D eigenvalue weighted by atomic mass is 16.5. The molecule has 0 spiro atoms. The average Bonchev–Trinajstić information content (AvgIpc) is 2.77. The highest BCUT2D eigenvalue weighted by molar-refractivity contribution is 5.29. The normalized spacial score (nSPS) is 23.3. The van der Waals surface area contributed by atoms with Gasteiger partial charge < -0.3 is 10.1 Å². The van der Waals surface area contributed by atoms with Crippen molar-refractivity contribution in [3.63, 3.8) is 0 Å². The molecule has 4 nitrogen and oxygen atoms in total. The first-order valence-electron chi connectivity index (χ1n) is 8.52. The van der Waals surface area contributed by atoms with Gasteiger partial charge in [0.1, 0.15) is 0 Å². The molecule has 2 atom stereocenters. The Balaban J connectivity index is 2.20. The standard InChI is InChI=1S/C17H31N3O/c1-5-10-18-15-9-7-6-8-14(11-15)17-16(21-4)12-19-20(17)13(2)3/h12-15,18H,5-11H2,1-4H3. The Morgan fingerprint density at radius 2 is 2.14 bits per heavy atom. The molecule has 120 valence electrons. The lowest BCUT2D eigenvalue weighted by molar-refractivity contribution is 0.377. The van der Waals surface area contributed by atoms with E-state index in [0.29, 0.717) is 18.0 Å². The maximum absolute atomic E-state index is 5.58. The second kappa shape index (κ2) is 7.83. The Hall–Kier alpha value is -1.03. The summed E-state index contributed by atoms with van der Waals surface area (Å²) in [5, 5.41) is 8.27. The number of rotatable bonds is 6. The number of ether oxygens (including phenoxy) is 1. The maximum atomic E-state index is 5.58. The van der Waals surface area contributed by atoms with Crippen LogP contribution in [0.5, 0.6) is 5.75 Å². The van der Waals surface area contributed by atoms with Crippen LogP contribution in [0, 0.1) is 0 Å². The summed E-state index contributed by atoms with van der Waals surface area (Å²) in [6, 6.07) is 1.02. The third-order valence-electron chi connectivity index (χ3n) is 4.50. The van der Waals surface area contributed by atoms with Crippen molar-refractivity contribution in [1.82, 2.24) is 15.1 Å². The van der Waals surface area contributed by atoms with E-state index in [1.165, 1.54) is 44.2 Å². The molecule has 1 aliphatic rings. The zero-order valence-electron chi connectivity index (χ0n) is 14.1. The predicted octanol–water partition coefficient (Wildman–Crippen LogP) is 3.89. The number of hydrogen-bond acceptors (Lipinski definition) is 3. The van der Waals surface area contributed by atoms with Gasteiger partial charge in [0.2, 0.25) is 0 Å². The molecular weight excluding hydrogens is 262 g/mol. The van der Waals surface area contributed by atoms with Crippen LogP contribution in [0.15, 0.2) is 6.20 Å². The van der Waals surface area contributed by atoms with E-state index in [1.54, 1.807) is 7.11 Å². The molecule has 1 heterocycles. The molecule has 2 rings (SSSR count). The van der Waals surface area contributed by atoms with Crippen LogP contribution in [0.1, 0.15) is 76.9 Å². The Kier molecular flexibility index (Phi) is 6.09. The molecule has 0 bridgehead atoms. The molecular formula is C17H31N3O. The summed E-state index contributed by atoms with van der Waals surface area (Å²) in [4.78, 5) is 0. The van der Waals surface area contributed by atoms with Gasteiger partial charge in [0.15, 0.2) is 5.75 Å². The molecule has 1 saturated carbocycles. The fraction of sp³-hybridized carbons (Fsp3) is 0.824. The number of methoxy groups -OCH3 is 1. The first kappa shape index (κ1) is 16.3. The van der Waals surface area contributed by atoms with Crippen LogP contribution >= 0.6 is 0 Å². The summed E-state index contributed by atoms with van der Waals surface area (Å²) in [5.74, 6) is 1.52. The quantitative estimate of drug-likeness (QED) is 0.809. The Labute approximate surface area is 129 Å². The minimum Gasteiger partial charge on any atom is -0.493 e. The Morgan fingerprint density at radius 3 is 2.81 bits per heavy atom. The average molecular weight is 293 g/mol. The lowest BCUT2D eigenvalue weighted by Crippen LogP contribution is -2.30. The number of nitrogens with one attached hydrogen (secondary N) is 1. The first-order chi connectivity index (χ1) is 10.2. The molecule has 1 aromatic rings. The molecule has 1 N–H and O–H groups in total. The summed E-state index contributed by atoms with van der Waals surface area (Å²) in [6.07, 6.45) is 9.48. The van der Waals surface area contributed by atoms with E-state index in [0.717, 1.165) is 12.3 Å². The second-order valence-electron chi connectivity index (χ2n) is 6.50. The van der Waals surface area contributed by atoms with E-state index >= 15 is 0 Å². The summed E-state index contributed by atoms with van der Waals surface area (Å²) in [6.45, 7) is 7.74. The molecule has 1 aliphatic carbocycles. The zero-order chi connectivity index (χ0) is 15.2. The molecule has 0 aromatic carbocycles. The van der Waals surface area contributed by atoms with Gasteiger partial charge in [-0.2, -0.15) is 5.10 Å². The van der Waals surface area contributed by atoms with Crippen molar-refractivity contribution in [2.75, 3.05) is 13.7 Å². The molecule has 0 amide bonds. The van der Waals surface area contributed by atoms with Crippen molar-refractivity contribution in [3.05, 3.63) is 11.9 Å². The molecule has 2 unspecified atom stereocenters. The fourth-order valence-electron chi connectivity index (χ4n) is 3.46. The summed E-state index contributed by atoms with van der Waals surface area (Å²) >= 11 is 0. The van der Waals surface area contributed by atoms with Crippen LogP contribution in [0.4, 0.5) is 0 Å². The van der Waals surface area contributed by atoms with Crippen LogP contribution in [0.25, 0.3) is 0 Å². The van der Waals surface area contributed by atoms with Crippen LogP contribution in [-0.4, -0.2) is 29.5 Å². The smallest absolute Gasteiger partial charge is 0.160 e. The highest BCUT2D eigenvalue weighted by Gasteiger charge is 2.27. The van der Waals surface area contributed by atoms with E-state index < -0.39 is 0 Å². The van der Waals surface area contributed by atoms with Crippen molar-refractivity contribution in [3.8, 4) is 5.75 Å². The highest BCUT2D eigenvalue weighted by Crippen LogP contribution is 2.37. The molecule has 21 heavy (non-hydrogen) atoms. The van der Waals surface area contributed by atoms with Crippen LogP contribution < -0.4 is 10.1 Å². The van der Waals surface area contributed by atoms with Crippen molar-refractivity contribution in [2.24, 2.45) is 0 Å². The SMILES string of the molecule is CCCNC1CCCCC(c2c(OC)cnn2C(C)C)C1. The summed E-state index contributed by atoms with van der Waals surface area (Å²) < 4.78 is 7.74. The van der Waals surface area contributed by atoms with E-state index in [2.05, 4.69) is 35.9 Å². The first-order valence-corrected chi connectivity index (χ1v) is 8.52. The Morgan fingerprint density at radius 1 is 1.38 bits per heavy atom. The third kappa shape index (κ3) is 4.00. The van der Waals surface area contributed by atoms with Gasteiger partial charge in [0.05, 0.1) is 19.0 Å². The van der Waals surface area contributed by atoms with Gasteiger partial charge >= 0.3 is 0 Å². The molecule has 0 saturated heterocycles. The largest absolute Gasteiger partial charge is 0.493 e. The monoisotopic (exact) mass is 293 g/mol. The van der Waals surface area contributed by atoms with Gasteiger partial charge in [-0.15, -0.1) is 0 Å². The summed E-state index contributed by atoms with van der Waals surface area (Å²) in [5.41, 5.74) is 1.30. The van der Waals surface area contributed by atoms with Gasteiger partial charge in [-0.25, -0.2) is 0 Å². The van der Waals surface area contributed by atoms with Gasteiger partial charge in [-0.3, -0.25) is 4.68 Å². The molecule has 1 aromatic heterocycles. The fourth-order valence-corrected chi connectivity index (χ4v) is 3.46. The van der Waals surface area contributed by atoms with E-state index in [-0.39, 0.29) is 0 Å². The number of hydrogen-bond donors (Lipinski definition) is 1. The van der Waals surface area contributed by atoms with E-state index in [1.807, 2.05) is 6.20 Å². The van der Waals surface area contributed by atoms with Crippen molar-refractivity contribution < 1.29 is 4.74 Å². The maximum Gasteiger partial charge on any atom is 0.160 e. The zero-order valence-corrected chi connectivity index (χ0v) is 14.1. The number of nitrogens with zero attached hydrogens (tertiary/aromatic N) is 2. The minimum atomic E-state index is 0.384. The van der Waals surface area contributed by atoms with E-state index in [4.69, 9.17) is 4.74 Å². The predicted molar refractivity (Wildman–Crippen MR) is 87.1 cm³/mol. The van der Waals surface area contributed by atoms with Gasteiger partial charge in [-0.05, 0) is 46.1 Å². The summed E-state index contributed by atoms with van der Waals surface area (Å²) in [7, 11) is 1.76. The molecule has 4 heteroatoms. The van der Waals surface area contributed by atoms with Crippen LogP contribution in [0.3, 0.4) is 0 Å². The van der Waals surface area contributed by atoms with Crippen LogP contribution in [0.2, 0.25) is 0 Å². The van der Waals surface area contributed by atoms with Crippen molar-refractivity contribution >= 4 is 0 Å². The topological polar surface area (TPSA) is 39.1 Å². The molecule has 0 radical (unpaired) electrons. The van der Waals surface area contributed by atoms with Gasteiger partial charge in [-0.1, -0.05) is 19.8 Å². The number of aromatic nitrogens is 2. The molecule has 0 aliphatic heterocycles.